The van der Waals surface area contributed by atoms with E-state index in [4.69, 9.17) is 0 Å². The van der Waals surface area contributed by atoms with E-state index in [0.717, 1.165) is 0 Å². The van der Waals surface area contributed by atoms with Gasteiger partial charge in [0.25, 0.3) is 0 Å². The van der Waals surface area contributed by atoms with E-state index in [0.29, 0.717) is 0 Å². The summed E-state index contributed by atoms with van der Waals surface area (Å²) in [6, 6.07) is 0. The summed E-state index contributed by atoms with van der Waals surface area (Å²) >= 11 is 0. The van der Waals surface area contributed by atoms with Gasteiger partial charge in [-0.25, -0.2) is 0 Å². The molecule has 0 heterocycles. The molecule has 0 spiro atoms. The second-order valence-electron chi connectivity index (χ2n) is 0. The third kappa shape index (κ3) is 108. The van der Waals surface area contributed by atoms with Crippen LogP contribution >= 0.6 is 0 Å². The maximum atomic E-state index is 0. The van der Waals surface area contributed by atoms with Crippen LogP contribution in [-0.4, -0.2) is 27.4 Å². The van der Waals surface area contributed by atoms with Crippen LogP contribution in [0.3, 0.4) is 0 Å². The van der Waals surface area contributed by atoms with Crippen molar-refractivity contribution in [3.8, 4) is 0 Å². The Bertz CT molecular complexity index is 3.90. The fraction of sp³-hybridized carbons (Fsp3) is 0. The number of hydrogen-bond acceptors (Lipinski definition) is 0. The summed E-state index contributed by atoms with van der Waals surface area (Å²) in [6.07, 6.45) is 0. The molecule has 0 saturated heterocycles. The Hall–Kier alpha value is 0.800. The molecule has 0 radical (unpaired) electrons. The minimum absolute atomic E-state index is 0. The van der Waals surface area contributed by atoms with E-state index in [9.17, 15) is 0 Å². The average Bonchev–Trinajstić information content (AvgIpc) is 0. The molecule has 0 aliphatic heterocycles. The maximum absolute atomic E-state index is 0. The first kappa shape index (κ1) is 357. The largest absolute Gasteiger partial charge is 1.00 e. The molecule has 0 rings (SSSR count). The maximum Gasteiger partial charge on any atom is 1.00 e. The normalized spacial score (nSPS) is 0. The zero-order valence-electron chi connectivity index (χ0n) is 3.50. The van der Waals surface area contributed by atoms with Gasteiger partial charge in [-0.3, -0.25) is 0 Å². The minimum Gasteiger partial charge on any atom is -0.412 e. The van der Waals surface area contributed by atoms with E-state index in [-0.39, 0.29) is 56.9 Å². The van der Waals surface area contributed by atoms with Gasteiger partial charge in [0.05, 0.1) is 0 Å². The smallest absolute Gasteiger partial charge is 0.412 e. The van der Waals surface area contributed by atoms with Gasteiger partial charge < -0.3 is 27.4 Å². The summed E-state index contributed by atoms with van der Waals surface area (Å²) in [7, 11) is 0. The molecule has 0 aromatic heterocycles. The van der Waals surface area contributed by atoms with Gasteiger partial charge in [-0.05, 0) is 0 Å². The van der Waals surface area contributed by atoms with E-state index in [2.05, 4.69) is 0 Å². The molecule has 40 valence electrons. The third-order valence-electron chi connectivity index (χ3n) is 0. The second kappa shape index (κ2) is 209. The van der Waals surface area contributed by atoms with Gasteiger partial charge in [-0.2, -0.15) is 0 Å². The first-order valence-electron chi connectivity index (χ1n) is 0. The summed E-state index contributed by atoms with van der Waals surface area (Å²) in [4.78, 5) is 0. The monoisotopic (exact) mass is 113 g/mol. The second-order valence-corrected chi connectivity index (χ2v) is 0. The van der Waals surface area contributed by atoms with Gasteiger partial charge in [0.1, 0.15) is 0 Å². The van der Waals surface area contributed by atoms with Gasteiger partial charge in [0.15, 0.2) is 0 Å². The molecule has 0 unspecified atom stereocenters. The molecular formula is H10NaO5+. The van der Waals surface area contributed by atoms with Crippen molar-refractivity contribution < 1.29 is 56.9 Å². The Labute approximate surface area is 57.2 Å². The number of rotatable bonds is 0. The zero-order valence-corrected chi connectivity index (χ0v) is 5.50. The van der Waals surface area contributed by atoms with Crippen molar-refractivity contribution in [2.75, 3.05) is 0 Å². The minimum atomic E-state index is 0. The standard InChI is InChI=1S/Na.5H2O/h;5*1H2/q+1;;;;;. The van der Waals surface area contributed by atoms with Gasteiger partial charge in [-0.15, -0.1) is 0 Å². The molecular weight excluding hydrogens is 103 g/mol. The Balaban J connectivity index is 0. The van der Waals surface area contributed by atoms with Gasteiger partial charge >= 0.3 is 29.6 Å². The zero-order chi connectivity index (χ0) is 0. The van der Waals surface area contributed by atoms with Crippen LogP contribution in [-0.2, 0) is 0 Å². The summed E-state index contributed by atoms with van der Waals surface area (Å²) in [6.45, 7) is 0. The Morgan fingerprint density at radius 3 is 0.333 bits per heavy atom. The SMILES string of the molecule is O.O.O.O.O.[Na+]. The van der Waals surface area contributed by atoms with E-state index in [1.807, 2.05) is 0 Å². The van der Waals surface area contributed by atoms with Crippen LogP contribution in [0.5, 0.6) is 0 Å². The molecule has 5 nitrogen and oxygen atoms in total. The Kier molecular flexibility index (Phi) is 12400. The van der Waals surface area contributed by atoms with Crippen molar-refractivity contribution in [1.82, 2.24) is 0 Å². The molecule has 0 bridgehead atoms. The molecule has 0 aliphatic carbocycles. The molecule has 0 atom stereocenters. The van der Waals surface area contributed by atoms with E-state index in [1.54, 1.807) is 0 Å². The van der Waals surface area contributed by atoms with Crippen molar-refractivity contribution in [1.29, 1.82) is 0 Å². The van der Waals surface area contributed by atoms with Crippen molar-refractivity contribution in [3.05, 3.63) is 0 Å². The summed E-state index contributed by atoms with van der Waals surface area (Å²) in [5, 5.41) is 0. The Morgan fingerprint density at radius 1 is 0.333 bits per heavy atom. The van der Waals surface area contributed by atoms with Crippen molar-refractivity contribution in [2.45, 2.75) is 0 Å². The quantitative estimate of drug-likeness (QED) is 0.273. The Morgan fingerprint density at radius 2 is 0.333 bits per heavy atom. The summed E-state index contributed by atoms with van der Waals surface area (Å²) < 4.78 is 0. The fourth-order valence-electron chi connectivity index (χ4n) is 0. The summed E-state index contributed by atoms with van der Waals surface area (Å²) in [5.41, 5.74) is 0. The first-order chi connectivity index (χ1) is 0. The van der Waals surface area contributed by atoms with Crippen molar-refractivity contribution in [2.24, 2.45) is 0 Å². The fourth-order valence-corrected chi connectivity index (χ4v) is 0. The third-order valence-corrected chi connectivity index (χ3v) is 0. The molecule has 0 saturated carbocycles. The molecule has 0 aromatic rings. The van der Waals surface area contributed by atoms with Crippen LogP contribution in [0.4, 0.5) is 0 Å². The van der Waals surface area contributed by atoms with Crippen LogP contribution in [0.25, 0.3) is 0 Å². The van der Waals surface area contributed by atoms with E-state index >= 15 is 0 Å². The predicted octanol–water partition coefficient (Wildman–Crippen LogP) is -7.12. The van der Waals surface area contributed by atoms with Crippen LogP contribution in [0.1, 0.15) is 0 Å². The van der Waals surface area contributed by atoms with Crippen LogP contribution in [0.15, 0.2) is 0 Å². The van der Waals surface area contributed by atoms with E-state index in [1.165, 1.54) is 0 Å². The van der Waals surface area contributed by atoms with Crippen LogP contribution in [0.2, 0.25) is 0 Å². The molecule has 10 N–H and O–H groups in total. The molecule has 0 aliphatic rings. The van der Waals surface area contributed by atoms with Crippen molar-refractivity contribution >= 4 is 0 Å². The van der Waals surface area contributed by atoms with E-state index < -0.39 is 0 Å². The van der Waals surface area contributed by atoms with Crippen LogP contribution in [0, 0.1) is 0 Å². The average molecular weight is 113 g/mol. The van der Waals surface area contributed by atoms with Gasteiger partial charge in [-0.1, -0.05) is 0 Å². The molecule has 6 heavy (non-hydrogen) atoms. The molecule has 0 fully saturated rings. The summed E-state index contributed by atoms with van der Waals surface area (Å²) in [5.74, 6) is 0. The first-order valence-corrected chi connectivity index (χ1v) is 0. The predicted molar refractivity (Wildman–Crippen MR) is 18.1 cm³/mol. The van der Waals surface area contributed by atoms with Gasteiger partial charge in [0, 0.05) is 0 Å². The topological polar surface area (TPSA) is 158 Å². The number of hydrogen-bond donors (Lipinski definition) is 0. The molecule has 6 heteroatoms. The molecule has 0 amide bonds. The van der Waals surface area contributed by atoms with Crippen molar-refractivity contribution in [3.63, 3.8) is 0 Å². The molecule has 0 aromatic carbocycles. The van der Waals surface area contributed by atoms with Crippen LogP contribution < -0.4 is 29.6 Å². The van der Waals surface area contributed by atoms with Gasteiger partial charge in [0.2, 0.25) is 0 Å².